The number of amides is 2. The predicted octanol–water partition coefficient (Wildman–Crippen LogP) is 3.39. The molecule has 2 rings (SSSR count). The minimum absolute atomic E-state index is 0.0570. The molecule has 0 radical (unpaired) electrons. The van der Waals surface area contributed by atoms with Crippen LogP contribution in [0.1, 0.15) is 5.56 Å². The third-order valence-corrected chi connectivity index (χ3v) is 3.05. The van der Waals surface area contributed by atoms with Gasteiger partial charge in [0.15, 0.2) is 6.73 Å². The number of hydrogen-bond acceptors (Lipinski definition) is 3. The van der Waals surface area contributed by atoms with Gasteiger partial charge in [-0.15, -0.1) is 0 Å². The molecule has 21 heavy (non-hydrogen) atoms. The number of nitrogens with one attached hydrogen (secondary N) is 2. The molecule has 2 aromatic rings. The fraction of sp³-hybridized carbons (Fsp3) is 0.133. The summed E-state index contributed by atoms with van der Waals surface area (Å²) in [5, 5.41) is 5.57. The second kappa shape index (κ2) is 6.85. The Labute approximate surface area is 128 Å². The van der Waals surface area contributed by atoms with Gasteiger partial charge in [0.05, 0.1) is 10.7 Å². The molecule has 0 atom stereocenters. The summed E-state index contributed by atoms with van der Waals surface area (Å²) in [6, 6.07) is 12.0. The Balaban J connectivity index is 1.81. The SMILES string of the molecule is Cc1ccc(OCNC(=O)Nc2ccc(N)cc2Cl)cc1. The number of rotatable bonds is 4. The van der Waals surface area contributed by atoms with Gasteiger partial charge in [0, 0.05) is 5.69 Å². The fourth-order valence-corrected chi connectivity index (χ4v) is 1.85. The van der Waals surface area contributed by atoms with Gasteiger partial charge in [-0.25, -0.2) is 4.79 Å². The molecule has 2 amide bonds. The molecule has 110 valence electrons. The number of carbonyl (C=O) groups is 1. The van der Waals surface area contributed by atoms with E-state index < -0.39 is 6.03 Å². The first-order chi connectivity index (χ1) is 10.0. The van der Waals surface area contributed by atoms with E-state index in [1.54, 1.807) is 18.2 Å². The van der Waals surface area contributed by atoms with E-state index >= 15 is 0 Å². The van der Waals surface area contributed by atoms with E-state index in [1.807, 2.05) is 31.2 Å². The highest BCUT2D eigenvalue weighted by molar-refractivity contribution is 6.34. The molecule has 0 fully saturated rings. The third-order valence-electron chi connectivity index (χ3n) is 2.73. The van der Waals surface area contributed by atoms with Crippen LogP contribution in [-0.2, 0) is 0 Å². The summed E-state index contributed by atoms with van der Waals surface area (Å²) in [6.45, 7) is 2.05. The van der Waals surface area contributed by atoms with Crippen molar-refractivity contribution in [1.82, 2.24) is 5.32 Å². The highest BCUT2D eigenvalue weighted by Gasteiger charge is 2.05. The van der Waals surface area contributed by atoms with Gasteiger partial charge >= 0.3 is 6.03 Å². The van der Waals surface area contributed by atoms with Crippen molar-refractivity contribution in [2.75, 3.05) is 17.8 Å². The summed E-state index contributed by atoms with van der Waals surface area (Å²) < 4.78 is 5.39. The Morgan fingerprint density at radius 2 is 1.95 bits per heavy atom. The number of nitrogens with two attached hydrogens (primary N) is 1. The van der Waals surface area contributed by atoms with Crippen molar-refractivity contribution in [3.05, 3.63) is 53.1 Å². The van der Waals surface area contributed by atoms with E-state index in [2.05, 4.69) is 10.6 Å². The zero-order chi connectivity index (χ0) is 15.2. The first-order valence-electron chi connectivity index (χ1n) is 6.34. The minimum Gasteiger partial charge on any atom is -0.473 e. The van der Waals surface area contributed by atoms with Crippen LogP contribution in [0.2, 0.25) is 5.02 Å². The molecule has 0 aliphatic heterocycles. The molecular formula is C15H16ClN3O2. The molecule has 0 heterocycles. The monoisotopic (exact) mass is 305 g/mol. The van der Waals surface area contributed by atoms with Crippen molar-refractivity contribution < 1.29 is 9.53 Å². The second-order valence-corrected chi connectivity index (χ2v) is 4.88. The van der Waals surface area contributed by atoms with Crippen LogP contribution in [0.15, 0.2) is 42.5 Å². The summed E-state index contributed by atoms with van der Waals surface area (Å²) in [5.41, 5.74) is 7.75. The van der Waals surface area contributed by atoms with Gasteiger partial charge in [0.1, 0.15) is 5.75 Å². The Morgan fingerprint density at radius 1 is 1.24 bits per heavy atom. The van der Waals surface area contributed by atoms with Crippen LogP contribution in [0, 0.1) is 6.92 Å². The van der Waals surface area contributed by atoms with E-state index in [4.69, 9.17) is 22.1 Å². The van der Waals surface area contributed by atoms with Crippen LogP contribution >= 0.6 is 11.6 Å². The summed E-state index contributed by atoms with van der Waals surface area (Å²) >= 11 is 5.96. The lowest BCUT2D eigenvalue weighted by Crippen LogP contribution is -2.32. The number of aryl methyl sites for hydroxylation is 1. The Hall–Kier alpha value is -2.40. The normalized spacial score (nSPS) is 10.0. The molecule has 5 nitrogen and oxygen atoms in total. The van der Waals surface area contributed by atoms with Gasteiger partial charge in [0.2, 0.25) is 0 Å². The lowest BCUT2D eigenvalue weighted by Gasteiger charge is -2.10. The van der Waals surface area contributed by atoms with Crippen molar-refractivity contribution >= 4 is 29.0 Å². The first-order valence-corrected chi connectivity index (χ1v) is 6.72. The van der Waals surface area contributed by atoms with Crippen LogP contribution in [0.25, 0.3) is 0 Å². The topological polar surface area (TPSA) is 76.4 Å². The van der Waals surface area contributed by atoms with Gasteiger partial charge in [0.25, 0.3) is 0 Å². The smallest absolute Gasteiger partial charge is 0.321 e. The number of hydrogen-bond donors (Lipinski definition) is 3. The van der Waals surface area contributed by atoms with E-state index in [0.717, 1.165) is 5.56 Å². The van der Waals surface area contributed by atoms with Crippen LogP contribution in [0.5, 0.6) is 5.75 Å². The van der Waals surface area contributed by atoms with Crippen LogP contribution in [0.3, 0.4) is 0 Å². The molecule has 2 aromatic carbocycles. The molecule has 4 N–H and O–H groups in total. The zero-order valence-electron chi connectivity index (χ0n) is 11.5. The maximum Gasteiger partial charge on any atom is 0.321 e. The van der Waals surface area contributed by atoms with Gasteiger partial charge in [-0.2, -0.15) is 0 Å². The predicted molar refractivity (Wildman–Crippen MR) is 84.7 cm³/mol. The quantitative estimate of drug-likeness (QED) is 0.598. The van der Waals surface area contributed by atoms with Gasteiger partial charge < -0.3 is 21.1 Å². The molecule has 0 aliphatic carbocycles. The van der Waals surface area contributed by atoms with Gasteiger partial charge in [-0.1, -0.05) is 29.3 Å². The van der Waals surface area contributed by atoms with E-state index in [-0.39, 0.29) is 6.73 Å². The standard InChI is InChI=1S/C15H16ClN3O2/c1-10-2-5-12(6-3-10)21-9-18-15(20)19-14-7-4-11(17)8-13(14)16/h2-8H,9,17H2,1H3,(H2,18,19,20). The van der Waals surface area contributed by atoms with Crippen molar-refractivity contribution in [3.63, 3.8) is 0 Å². The average molecular weight is 306 g/mol. The van der Waals surface area contributed by atoms with Crippen LogP contribution in [-0.4, -0.2) is 12.8 Å². The maximum absolute atomic E-state index is 11.7. The van der Waals surface area contributed by atoms with Gasteiger partial charge in [-0.3, -0.25) is 0 Å². The number of benzene rings is 2. The molecule has 0 spiro atoms. The summed E-state index contributed by atoms with van der Waals surface area (Å²) in [6.07, 6.45) is 0. The highest BCUT2D eigenvalue weighted by Crippen LogP contribution is 2.23. The number of halogens is 1. The summed E-state index contributed by atoms with van der Waals surface area (Å²) in [4.78, 5) is 11.7. The lowest BCUT2D eigenvalue weighted by molar-refractivity contribution is 0.234. The number of anilines is 2. The van der Waals surface area contributed by atoms with E-state index in [9.17, 15) is 4.79 Å². The molecule has 0 bridgehead atoms. The second-order valence-electron chi connectivity index (χ2n) is 4.47. The number of urea groups is 1. The van der Waals surface area contributed by atoms with E-state index in [1.165, 1.54) is 0 Å². The molecule has 0 aliphatic rings. The summed E-state index contributed by atoms with van der Waals surface area (Å²) in [7, 11) is 0. The average Bonchev–Trinajstić information content (AvgIpc) is 2.44. The molecule has 0 saturated carbocycles. The minimum atomic E-state index is -0.409. The lowest BCUT2D eigenvalue weighted by atomic mass is 10.2. The molecule has 6 heteroatoms. The summed E-state index contributed by atoms with van der Waals surface area (Å²) in [5.74, 6) is 0.686. The Bertz CT molecular complexity index is 629. The van der Waals surface area contributed by atoms with Crippen molar-refractivity contribution in [1.29, 1.82) is 0 Å². The largest absolute Gasteiger partial charge is 0.473 e. The van der Waals surface area contributed by atoms with Crippen LogP contribution in [0.4, 0.5) is 16.2 Å². The maximum atomic E-state index is 11.7. The van der Waals surface area contributed by atoms with Crippen molar-refractivity contribution in [2.45, 2.75) is 6.92 Å². The zero-order valence-corrected chi connectivity index (χ0v) is 12.3. The van der Waals surface area contributed by atoms with E-state index in [0.29, 0.717) is 22.1 Å². The Morgan fingerprint density at radius 3 is 2.62 bits per heavy atom. The van der Waals surface area contributed by atoms with Crippen LogP contribution < -0.4 is 21.1 Å². The first kappa shape index (κ1) is 15.0. The number of ether oxygens (including phenoxy) is 1. The molecular weight excluding hydrogens is 290 g/mol. The molecule has 0 unspecified atom stereocenters. The van der Waals surface area contributed by atoms with Gasteiger partial charge in [-0.05, 0) is 37.3 Å². The fourth-order valence-electron chi connectivity index (χ4n) is 1.62. The number of nitrogen functional groups attached to an aromatic ring is 1. The third kappa shape index (κ3) is 4.57. The number of carbonyl (C=O) groups excluding carboxylic acids is 1. The Kier molecular flexibility index (Phi) is 4.90. The molecule has 0 aromatic heterocycles. The highest BCUT2D eigenvalue weighted by atomic mass is 35.5. The van der Waals surface area contributed by atoms with Crippen molar-refractivity contribution in [3.8, 4) is 5.75 Å². The molecule has 0 saturated heterocycles. The van der Waals surface area contributed by atoms with Crippen molar-refractivity contribution in [2.24, 2.45) is 0 Å².